The molecule has 0 aliphatic heterocycles. The Morgan fingerprint density at radius 3 is 3.00 bits per heavy atom. The Kier molecular flexibility index (Phi) is 2.59. The summed E-state index contributed by atoms with van der Waals surface area (Å²) in [5.41, 5.74) is -0.272. The molecule has 0 fully saturated rings. The van der Waals surface area contributed by atoms with Crippen LogP contribution in [0.2, 0.25) is 0 Å². The Labute approximate surface area is 63.7 Å². The van der Waals surface area contributed by atoms with E-state index < -0.39 is 0 Å². The van der Waals surface area contributed by atoms with Crippen molar-refractivity contribution in [3.63, 3.8) is 0 Å². The minimum absolute atomic E-state index is 0.272. The maximum Gasteiger partial charge on any atom is 0.361 e. The third-order valence-electron chi connectivity index (χ3n) is 1.21. The maximum absolute atomic E-state index is 10.8. The van der Waals surface area contributed by atoms with Gasteiger partial charge < -0.3 is 0 Å². The molecule has 0 atom stereocenters. The zero-order valence-corrected chi connectivity index (χ0v) is 6.32. The van der Waals surface area contributed by atoms with E-state index in [1.54, 1.807) is 0 Å². The summed E-state index contributed by atoms with van der Waals surface area (Å²) in [6.07, 6.45) is 4.82. The number of nitrogens with one attached hydrogen (secondary N) is 1. The summed E-state index contributed by atoms with van der Waals surface area (Å²) in [5, 5.41) is 9.08. The van der Waals surface area contributed by atoms with Crippen LogP contribution >= 0.6 is 0 Å². The SMILES string of the molecule is CCC=CCn1nn[nH]c1=O. The number of rotatable bonds is 3. The summed E-state index contributed by atoms with van der Waals surface area (Å²) in [6, 6.07) is 0. The fraction of sp³-hybridized carbons (Fsp3) is 0.500. The molecule has 1 heterocycles. The Morgan fingerprint density at radius 2 is 2.45 bits per heavy atom. The molecule has 0 bridgehead atoms. The smallest absolute Gasteiger partial charge is 0.245 e. The van der Waals surface area contributed by atoms with Crippen LogP contribution in [0.3, 0.4) is 0 Å². The molecule has 0 aromatic carbocycles. The number of H-pyrrole nitrogens is 1. The molecule has 0 saturated carbocycles. The van der Waals surface area contributed by atoms with E-state index in [1.807, 2.05) is 19.1 Å². The average Bonchev–Trinajstić information content (AvgIpc) is 2.37. The summed E-state index contributed by atoms with van der Waals surface area (Å²) in [4.78, 5) is 10.8. The second kappa shape index (κ2) is 3.70. The molecule has 60 valence electrons. The van der Waals surface area contributed by atoms with Gasteiger partial charge in [0.25, 0.3) is 0 Å². The second-order valence-electron chi connectivity index (χ2n) is 2.07. The predicted octanol–water partition coefficient (Wildman–Crippen LogP) is -0.0674. The molecule has 0 spiro atoms. The van der Waals surface area contributed by atoms with Gasteiger partial charge in [0.2, 0.25) is 0 Å². The van der Waals surface area contributed by atoms with Gasteiger partial charge in [-0.3, -0.25) is 0 Å². The molecule has 0 amide bonds. The van der Waals surface area contributed by atoms with Crippen molar-refractivity contribution in [2.24, 2.45) is 0 Å². The summed E-state index contributed by atoms with van der Waals surface area (Å²) in [5.74, 6) is 0. The Hall–Kier alpha value is -1.39. The quantitative estimate of drug-likeness (QED) is 0.620. The van der Waals surface area contributed by atoms with Crippen molar-refractivity contribution in [2.45, 2.75) is 19.9 Å². The number of nitrogens with zero attached hydrogens (tertiary/aromatic N) is 3. The largest absolute Gasteiger partial charge is 0.361 e. The third-order valence-corrected chi connectivity index (χ3v) is 1.21. The van der Waals surface area contributed by atoms with Gasteiger partial charge in [-0.15, -0.1) is 0 Å². The van der Waals surface area contributed by atoms with Crippen LogP contribution in [-0.2, 0) is 6.54 Å². The molecule has 0 radical (unpaired) electrons. The van der Waals surface area contributed by atoms with Crippen molar-refractivity contribution in [1.29, 1.82) is 0 Å². The van der Waals surface area contributed by atoms with Gasteiger partial charge in [-0.2, -0.15) is 4.68 Å². The normalized spacial score (nSPS) is 11.0. The molecular formula is C6H10N4O. The van der Waals surface area contributed by atoms with Crippen molar-refractivity contribution in [3.05, 3.63) is 22.6 Å². The minimum atomic E-state index is -0.272. The van der Waals surface area contributed by atoms with E-state index in [4.69, 9.17) is 0 Å². The first-order valence-electron chi connectivity index (χ1n) is 3.47. The van der Waals surface area contributed by atoms with Crippen LogP contribution in [-0.4, -0.2) is 20.2 Å². The van der Waals surface area contributed by atoms with Gasteiger partial charge in [-0.05, 0) is 16.8 Å². The lowest BCUT2D eigenvalue weighted by molar-refractivity contribution is 0.642. The second-order valence-corrected chi connectivity index (χ2v) is 2.07. The van der Waals surface area contributed by atoms with Gasteiger partial charge in [0.15, 0.2) is 0 Å². The molecule has 0 aliphatic carbocycles. The van der Waals surface area contributed by atoms with Crippen LogP contribution in [0.1, 0.15) is 13.3 Å². The summed E-state index contributed by atoms with van der Waals surface area (Å²) >= 11 is 0. The third kappa shape index (κ3) is 2.03. The zero-order chi connectivity index (χ0) is 8.10. The number of hydrogen-bond acceptors (Lipinski definition) is 3. The summed E-state index contributed by atoms with van der Waals surface area (Å²) in [6.45, 7) is 2.52. The molecule has 5 nitrogen and oxygen atoms in total. The fourth-order valence-electron chi connectivity index (χ4n) is 0.678. The zero-order valence-electron chi connectivity index (χ0n) is 6.32. The van der Waals surface area contributed by atoms with E-state index in [1.165, 1.54) is 4.68 Å². The molecule has 0 saturated heterocycles. The molecule has 0 aliphatic rings. The van der Waals surface area contributed by atoms with Crippen molar-refractivity contribution in [2.75, 3.05) is 0 Å². The first-order chi connectivity index (χ1) is 5.34. The lowest BCUT2D eigenvalue weighted by Gasteiger charge is -1.87. The highest BCUT2D eigenvalue weighted by atomic mass is 16.2. The van der Waals surface area contributed by atoms with Crippen LogP contribution in [0.5, 0.6) is 0 Å². The molecule has 11 heavy (non-hydrogen) atoms. The molecule has 1 N–H and O–H groups in total. The van der Waals surface area contributed by atoms with E-state index in [9.17, 15) is 4.79 Å². The van der Waals surface area contributed by atoms with Gasteiger partial charge in [-0.1, -0.05) is 19.1 Å². The van der Waals surface area contributed by atoms with Crippen LogP contribution in [0.25, 0.3) is 0 Å². The number of hydrogen-bond donors (Lipinski definition) is 1. The van der Waals surface area contributed by atoms with Gasteiger partial charge in [-0.25, -0.2) is 9.89 Å². The number of allylic oxidation sites excluding steroid dienone is 2. The van der Waals surface area contributed by atoms with Crippen LogP contribution in [0.4, 0.5) is 0 Å². The number of aromatic amines is 1. The fourth-order valence-corrected chi connectivity index (χ4v) is 0.678. The van der Waals surface area contributed by atoms with Crippen molar-refractivity contribution in [1.82, 2.24) is 20.2 Å². The Morgan fingerprint density at radius 1 is 1.64 bits per heavy atom. The molecule has 0 unspecified atom stereocenters. The number of aromatic nitrogens is 4. The van der Waals surface area contributed by atoms with Gasteiger partial charge in [0.1, 0.15) is 0 Å². The summed E-state index contributed by atoms with van der Waals surface area (Å²) < 4.78 is 1.26. The molecule has 1 aromatic rings. The minimum Gasteiger partial charge on any atom is -0.245 e. The van der Waals surface area contributed by atoms with Gasteiger partial charge in [0.05, 0.1) is 6.54 Å². The van der Waals surface area contributed by atoms with E-state index in [0.29, 0.717) is 6.54 Å². The van der Waals surface area contributed by atoms with Crippen molar-refractivity contribution >= 4 is 0 Å². The van der Waals surface area contributed by atoms with Gasteiger partial charge >= 0.3 is 5.69 Å². The lowest BCUT2D eigenvalue weighted by atomic mass is 10.4. The van der Waals surface area contributed by atoms with Crippen LogP contribution < -0.4 is 5.69 Å². The van der Waals surface area contributed by atoms with Gasteiger partial charge in [0, 0.05) is 0 Å². The Balaban J connectivity index is 2.58. The first kappa shape index (κ1) is 7.71. The Bertz CT molecular complexity index is 285. The van der Waals surface area contributed by atoms with E-state index >= 15 is 0 Å². The average molecular weight is 154 g/mol. The maximum atomic E-state index is 10.8. The van der Waals surface area contributed by atoms with Crippen LogP contribution in [0, 0.1) is 0 Å². The molecule has 1 aromatic heterocycles. The highest BCUT2D eigenvalue weighted by Crippen LogP contribution is 1.80. The highest BCUT2D eigenvalue weighted by molar-refractivity contribution is 4.79. The lowest BCUT2D eigenvalue weighted by Crippen LogP contribution is -2.16. The van der Waals surface area contributed by atoms with Crippen LogP contribution in [0.15, 0.2) is 16.9 Å². The van der Waals surface area contributed by atoms with E-state index in [0.717, 1.165) is 6.42 Å². The molecule has 5 heteroatoms. The summed E-state index contributed by atoms with van der Waals surface area (Å²) in [7, 11) is 0. The molecule has 1 rings (SSSR count). The monoisotopic (exact) mass is 154 g/mol. The van der Waals surface area contributed by atoms with E-state index in [2.05, 4.69) is 15.5 Å². The number of tetrazole rings is 1. The molecular weight excluding hydrogens is 144 g/mol. The predicted molar refractivity (Wildman–Crippen MR) is 40.1 cm³/mol. The van der Waals surface area contributed by atoms with Crippen molar-refractivity contribution in [3.8, 4) is 0 Å². The topological polar surface area (TPSA) is 63.6 Å². The standard InChI is InChI=1S/C6H10N4O/c1-2-3-4-5-10-6(11)7-8-9-10/h3-4H,2,5H2,1H3,(H,7,9,11). The van der Waals surface area contributed by atoms with Crippen molar-refractivity contribution < 1.29 is 0 Å². The highest BCUT2D eigenvalue weighted by Gasteiger charge is 1.92. The van der Waals surface area contributed by atoms with E-state index in [-0.39, 0.29) is 5.69 Å². The first-order valence-corrected chi connectivity index (χ1v) is 3.47.